The Morgan fingerprint density at radius 1 is 1.35 bits per heavy atom. The van der Waals surface area contributed by atoms with Crippen LogP contribution in [0.3, 0.4) is 0 Å². The van der Waals surface area contributed by atoms with Crippen molar-refractivity contribution in [3.63, 3.8) is 0 Å². The van der Waals surface area contributed by atoms with E-state index in [0.717, 1.165) is 10.9 Å². The molecule has 2 aromatic rings. The van der Waals surface area contributed by atoms with Gasteiger partial charge in [0.2, 0.25) is 5.91 Å². The summed E-state index contributed by atoms with van der Waals surface area (Å²) >= 11 is 0. The second-order valence-corrected chi connectivity index (χ2v) is 5.39. The molecule has 104 valence electrons. The smallest absolute Gasteiger partial charge is 0.240 e. The van der Waals surface area contributed by atoms with Gasteiger partial charge in [-0.05, 0) is 31.0 Å². The zero-order valence-corrected chi connectivity index (χ0v) is 12.1. The first-order valence-corrected chi connectivity index (χ1v) is 6.80. The Morgan fingerprint density at radius 2 is 2.10 bits per heavy atom. The fraction of sp³-hybridized carbons (Fsp3) is 0.375. The molecule has 2 rings (SSSR count). The van der Waals surface area contributed by atoms with Gasteiger partial charge in [-0.1, -0.05) is 19.9 Å². The first-order valence-electron chi connectivity index (χ1n) is 6.80. The Labute approximate surface area is 119 Å². The van der Waals surface area contributed by atoms with Crippen molar-refractivity contribution in [3.05, 3.63) is 36.0 Å². The van der Waals surface area contributed by atoms with Crippen LogP contribution in [-0.2, 0) is 11.3 Å². The maximum absolute atomic E-state index is 12.0. The maximum Gasteiger partial charge on any atom is 0.240 e. The van der Waals surface area contributed by atoms with Crippen molar-refractivity contribution in [2.75, 3.05) is 0 Å². The molecule has 1 unspecified atom stereocenters. The van der Waals surface area contributed by atoms with E-state index < -0.39 is 0 Å². The highest BCUT2D eigenvalue weighted by Crippen LogP contribution is 2.19. The van der Waals surface area contributed by atoms with Gasteiger partial charge in [0, 0.05) is 23.1 Å². The largest absolute Gasteiger partial charge is 0.352 e. The minimum absolute atomic E-state index is 0.00828. The number of nitrogens with one attached hydrogen (secondary N) is 1. The normalized spacial score (nSPS) is 12.3. The predicted molar refractivity (Wildman–Crippen MR) is 79.1 cm³/mol. The average molecular weight is 269 g/mol. The summed E-state index contributed by atoms with van der Waals surface area (Å²) in [5, 5.41) is 12.9. The van der Waals surface area contributed by atoms with Crippen molar-refractivity contribution in [3.8, 4) is 6.07 Å². The minimum Gasteiger partial charge on any atom is -0.352 e. The zero-order chi connectivity index (χ0) is 14.7. The van der Waals surface area contributed by atoms with E-state index in [1.165, 1.54) is 0 Å². The molecular formula is C16H19N3O. The molecule has 0 fully saturated rings. The molecule has 1 atom stereocenters. The third kappa shape index (κ3) is 2.83. The van der Waals surface area contributed by atoms with Crippen LogP contribution < -0.4 is 5.32 Å². The first kappa shape index (κ1) is 14.1. The van der Waals surface area contributed by atoms with E-state index in [2.05, 4.69) is 25.2 Å². The monoisotopic (exact) mass is 269 g/mol. The fourth-order valence-corrected chi connectivity index (χ4v) is 2.08. The average Bonchev–Trinajstić information content (AvgIpc) is 2.81. The number of hydrogen-bond acceptors (Lipinski definition) is 2. The van der Waals surface area contributed by atoms with Crippen molar-refractivity contribution in [2.45, 2.75) is 33.4 Å². The highest BCUT2D eigenvalue weighted by molar-refractivity contribution is 5.87. The van der Waals surface area contributed by atoms with Crippen LogP contribution in [0.25, 0.3) is 10.9 Å². The van der Waals surface area contributed by atoms with Gasteiger partial charge in [-0.3, -0.25) is 4.79 Å². The Hall–Kier alpha value is -2.28. The molecule has 0 saturated carbocycles. The summed E-state index contributed by atoms with van der Waals surface area (Å²) in [7, 11) is 0. The Morgan fingerprint density at radius 3 is 2.75 bits per heavy atom. The van der Waals surface area contributed by atoms with Gasteiger partial charge in [0.25, 0.3) is 0 Å². The molecule has 1 aromatic heterocycles. The molecule has 0 aliphatic carbocycles. The Bertz CT molecular complexity index is 664. The number of carbonyl (C=O) groups is 1. The summed E-state index contributed by atoms with van der Waals surface area (Å²) in [4.78, 5) is 12.0. The molecule has 0 saturated heterocycles. The van der Waals surface area contributed by atoms with E-state index >= 15 is 0 Å². The van der Waals surface area contributed by atoms with E-state index in [0.29, 0.717) is 11.5 Å². The van der Waals surface area contributed by atoms with Crippen LogP contribution in [0.2, 0.25) is 0 Å². The zero-order valence-electron chi connectivity index (χ0n) is 12.1. The van der Waals surface area contributed by atoms with Crippen molar-refractivity contribution >= 4 is 16.8 Å². The molecule has 0 aliphatic rings. The lowest BCUT2D eigenvalue weighted by Gasteiger charge is -2.17. The number of fused-ring (bicyclic) bond motifs is 1. The molecule has 1 aromatic carbocycles. The lowest BCUT2D eigenvalue weighted by Crippen LogP contribution is -2.38. The van der Waals surface area contributed by atoms with Crippen LogP contribution in [-0.4, -0.2) is 16.5 Å². The van der Waals surface area contributed by atoms with Crippen LogP contribution in [0.5, 0.6) is 0 Å². The number of hydrogen-bond donors (Lipinski definition) is 1. The van der Waals surface area contributed by atoms with Crippen LogP contribution in [0.15, 0.2) is 30.5 Å². The van der Waals surface area contributed by atoms with E-state index in [4.69, 9.17) is 5.26 Å². The van der Waals surface area contributed by atoms with Gasteiger partial charge in [0.05, 0.1) is 11.6 Å². The van der Waals surface area contributed by atoms with E-state index in [-0.39, 0.29) is 18.5 Å². The highest BCUT2D eigenvalue weighted by atomic mass is 16.2. The van der Waals surface area contributed by atoms with Crippen molar-refractivity contribution < 1.29 is 4.79 Å². The third-order valence-electron chi connectivity index (χ3n) is 3.64. The second kappa shape index (κ2) is 5.79. The van der Waals surface area contributed by atoms with Crippen LogP contribution in [0, 0.1) is 17.2 Å². The van der Waals surface area contributed by atoms with Gasteiger partial charge >= 0.3 is 0 Å². The van der Waals surface area contributed by atoms with Gasteiger partial charge in [-0.2, -0.15) is 5.26 Å². The van der Waals surface area contributed by atoms with Crippen molar-refractivity contribution in [1.82, 2.24) is 9.88 Å². The Kier molecular flexibility index (Phi) is 4.09. The quantitative estimate of drug-likeness (QED) is 0.927. The lowest BCUT2D eigenvalue weighted by molar-refractivity contribution is -0.122. The highest BCUT2D eigenvalue weighted by Gasteiger charge is 2.12. The van der Waals surface area contributed by atoms with E-state index in [9.17, 15) is 4.79 Å². The van der Waals surface area contributed by atoms with Gasteiger partial charge in [0.1, 0.15) is 6.54 Å². The van der Waals surface area contributed by atoms with Gasteiger partial charge < -0.3 is 9.88 Å². The molecular weight excluding hydrogens is 250 g/mol. The molecule has 1 heterocycles. The summed E-state index contributed by atoms with van der Waals surface area (Å²) in [6, 6.07) is 9.75. The number of benzene rings is 1. The third-order valence-corrected chi connectivity index (χ3v) is 3.64. The molecule has 20 heavy (non-hydrogen) atoms. The lowest BCUT2D eigenvalue weighted by atomic mass is 10.1. The summed E-state index contributed by atoms with van der Waals surface area (Å²) in [6.45, 7) is 6.43. The van der Waals surface area contributed by atoms with E-state index in [1.807, 2.05) is 35.9 Å². The molecule has 0 bridgehead atoms. The first-order chi connectivity index (χ1) is 9.52. The number of rotatable bonds is 4. The SMILES string of the molecule is CC(C)C(C)NC(=O)Cn1ccc2c(C#N)cccc21. The molecule has 0 spiro atoms. The molecule has 4 nitrogen and oxygen atoms in total. The summed E-state index contributed by atoms with van der Waals surface area (Å²) < 4.78 is 1.87. The molecule has 1 amide bonds. The minimum atomic E-state index is -0.00828. The number of nitrogens with zero attached hydrogens (tertiary/aromatic N) is 2. The standard InChI is InChI=1S/C16H19N3O/c1-11(2)12(3)18-16(20)10-19-8-7-14-13(9-17)5-4-6-15(14)19/h4-8,11-12H,10H2,1-3H3,(H,18,20). The number of amides is 1. The predicted octanol–water partition coefficient (Wildman–Crippen LogP) is 2.67. The van der Waals surface area contributed by atoms with Crippen molar-refractivity contribution in [2.24, 2.45) is 5.92 Å². The molecule has 1 N–H and O–H groups in total. The molecule has 4 heteroatoms. The number of carbonyl (C=O) groups excluding carboxylic acids is 1. The molecule has 0 radical (unpaired) electrons. The van der Waals surface area contributed by atoms with Crippen LogP contribution >= 0.6 is 0 Å². The second-order valence-electron chi connectivity index (χ2n) is 5.39. The van der Waals surface area contributed by atoms with Gasteiger partial charge in [-0.25, -0.2) is 0 Å². The van der Waals surface area contributed by atoms with Gasteiger partial charge in [0.15, 0.2) is 0 Å². The number of nitriles is 1. The number of aromatic nitrogens is 1. The molecule has 0 aliphatic heterocycles. The topological polar surface area (TPSA) is 57.8 Å². The summed E-state index contributed by atoms with van der Waals surface area (Å²) in [6.07, 6.45) is 1.85. The van der Waals surface area contributed by atoms with Crippen molar-refractivity contribution in [1.29, 1.82) is 5.26 Å². The maximum atomic E-state index is 12.0. The van der Waals surface area contributed by atoms with Crippen LogP contribution in [0.4, 0.5) is 0 Å². The summed E-state index contributed by atoms with van der Waals surface area (Å²) in [5.41, 5.74) is 1.55. The Balaban J connectivity index is 2.19. The van der Waals surface area contributed by atoms with E-state index in [1.54, 1.807) is 6.07 Å². The van der Waals surface area contributed by atoms with Gasteiger partial charge in [-0.15, -0.1) is 0 Å². The van der Waals surface area contributed by atoms with Crippen LogP contribution in [0.1, 0.15) is 26.3 Å². The summed E-state index contributed by atoms with van der Waals surface area (Å²) in [5.74, 6) is 0.400. The fourth-order valence-electron chi connectivity index (χ4n) is 2.08.